The molecule has 0 bridgehead atoms. The van der Waals surface area contributed by atoms with E-state index in [0.29, 0.717) is 29.6 Å². The molecule has 1 aliphatic heterocycles. The Morgan fingerprint density at radius 1 is 1.08 bits per heavy atom. The SMILES string of the molecule is COc1ccc(CN2CCOCC2)cc1Nc1ncc(-c2ccc(C#N)c(O[C@@H](C)Cn3cnnn3)c2)cn1. The van der Waals surface area contributed by atoms with Gasteiger partial charge in [-0.1, -0.05) is 12.1 Å². The Morgan fingerprint density at radius 2 is 1.90 bits per heavy atom. The molecule has 5 rings (SSSR count). The average molecular weight is 528 g/mol. The van der Waals surface area contributed by atoms with Crippen molar-refractivity contribution in [2.75, 3.05) is 38.7 Å². The monoisotopic (exact) mass is 527 g/mol. The van der Waals surface area contributed by atoms with Crippen LogP contribution in [0.2, 0.25) is 0 Å². The molecule has 2 aromatic heterocycles. The van der Waals surface area contributed by atoms with Gasteiger partial charge in [-0.2, -0.15) is 5.26 Å². The van der Waals surface area contributed by atoms with E-state index in [1.54, 1.807) is 30.3 Å². The lowest BCUT2D eigenvalue weighted by Crippen LogP contribution is -2.35. The zero-order valence-electron chi connectivity index (χ0n) is 21.8. The zero-order valence-corrected chi connectivity index (χ0v) is 21.8. The lowest BCUT2D eigenvalue weighted by atomic mass is 10.1. The molecule has 0 unspecified atom stereocenters. The van der Waals surface area contributed by atoms with Crippen LogP contribution in [0.3, 0.4) is 0 Å². The first-order chi connectivity index (χ1) is 19.1. The van der Waals surface area contributed by atoms with Gasteiger partial charge in [0.2, 0.25) is 5.95 Å². The summed E-state index contributed by atoms with van der Waals surface area (Å²) < 4.78 is 18.6. The van der Waals surface area contributed by atoms with Crippen LogP contribution < -0.4 is 14.8 Å². The smallest absolute Gasteiger partial charge is 0.227 e. The first-order valence-electron chi connectivity index (χ1n) is 12.6. The quantitative estimate of drug-likeness (QED) is 0.326. The van der Waals surface area contributed by atoms with Gasteiger partial charge in [0.15, 0.2) is 0 Å². The van der Waals surface area contributed by atoms with Crippen molar-refractivity contribution < 1.29 is 14.2 Å². The van der Waals surface area contributed by atoms with Gasteiger partial charge in [-0.15, -0.1) is 5.10 Å². The third-order valence-corrected chi connectivity index (χ3v) is 6.27. The van der Waals surface area contributed by atoms with Crippen LogP contribution >= 0.6 is 0 Å². The van der Waals surface area contributed by atoms with E-state index in [0.717, 1.165) is 55.2 Å². The molecule has 1 saturated heterocycles. The molecule has 0 amide bonds. The topological polar surface area (TPSA) is 136 Å². The number of hydrogen-bond acceptors (Lipinski definition) is 11. The van der Waals surface area contributed by atoms with Gasteiger partial charge in [-0.3, -0.25) is 4.90 Å². The lowest BCUT2D eigenvalue weighted by Gasteiger charge is -2.26. The highest BCUT2D eigenvalue weighted by atomic mass is 16.5. The van der Waals surface area contributed by atoms with E-state index >= 15 is 0 Å². The van der Waals surface area contributed by atoms with Crippen LogP contribution in [0.1, 0.15) is 18.1 Å². The summed E-state index contributed by atoms with van der Waals surface area (Å²) in [6.45, 7) is 6.52. The van der Waals surface area contributed by atoms with Crippen molar-refractivity contribution in [3.63, 3.8) is 0 Å². The van der Waals surface area contributed by atoms with Gasteiger partial charge in [0.05, 0.1) is 38.1 Å². The van der Waals surface area contributed by atoms with Crippen LogP contribution in [0.5, 0.6) is 11.5 Å². The summed E-state index contributed by atoms with van der Waals surface area (Å²) in [7, 11) is 1.64. The molecule has 2 aromatic carbocycles. The Hall–Kier alpha value is -4.60. The molecule has 1 N–H and O–H groups in total. The number of anilines is 2. The van der Waals surface area contributed by atoms with E-state index in [4.69, 9.17) is 14.2 Å². The Kier molecular flexibility index (Phi) is 8.20. The fourth-order valence-corrected chi connectivity index (χ4v) is 4.30. The predicted molar refractivity (Wildman–Crippen MR) is 142 cm³/mol. The molecule has 12 nitrogen and oxygen atoms in total. The number of nitrogens with zero attached hydrogens (tertiary/aromatic N) is 8. The first-order valence-corrected chi connectivity index (χ1v) is 12.6. The maximum absolute atomic E-state index is 9.56. The minimum Gasteiger partial charge on any atom is -0.495 e. The Balaban J connectivity index is 1.29. The van der Waals surface area contributed by atoms with E-state index in [9.17, 15) is 5.26 Å². The molecule has 4 aromatic rings. The number of aromatic nitrogens is 6. The maximum Gasteiger partial charge on any atom is 0.227 e. The summed E-state index contributed by atoms with van der Waals surface area (Å²) in [5, 5.41) is 24.0. The second kappa shape index (κ2) is 12.3. The predicted octanol–water partition coefficient (Wildman–Crippen LogP) is 3.05. The van der Waals surface area contributed by atoms with Crippen molar-refractivity contribution in [1.82, 2.24) is 35.1 Å². The molecule has 3 heterocycles. The minimum absolute atomic E-state index is 0.257. The van der Waals surface area contributed by atoms with Crippen molar-refractivity contribution in [2.45, 2.75) is 26.1 Å². The van der Waals surface area contributed by atoms with Gasteiger partial charge >= 0.3 is 0 Å². The van der Waals surface area contributed by atoms with Crippen LogP contribution in [0.4, 0.5) is 11.6 Å². The molecular formula is C27H29N9O3. The normalized spacial score (nSPS) is 14.4. The van der Waals surface area contributed by atoms with Gasteiger partial charge < -0.3 is 19.5 Å². The highest BCUT2D eigenvalue weighted by molar-refractivity contribution is 5.68. The van der Waals surface area contributed by atoms with Crippen molar-refractivity contribution in [3.05, 3.63) is 66.2 Å². The van der Waals surface area contributed by atoms with Gasteiger partial charge in [0, 0.05) is 37.6 Å². The highest BCUT2D eigenvalue weighted by Crippen LogP contribution is 2.30. The highest BCUT2D eigenvalue weighted by Gasteiger charge is 2.14. The summed E-state index contributed by atoms with van der Waals surface area (Å²) in [6.07, 6.45) is 4.72. The first kappa shape index (κ1) is 26.0. The number of ether oxygens (including phenoxy) is 3. The van der Waals surface area contributed by atoms with E-state index in [2.05, 4.69) is 53.9 Å². The molecule has 1 aliphatic rings. The lowest BCUT2D eigenvalue weighted by molar-refractivity contribution is 0.0342. The molecule has 12 heteroatoms. The third kappa shape index (κ3) is 6.64. The molecule has 1 fully saturated rings. The number of nitriles is 1. The molecule has 39 heavy (non-hydrogen) atoms. The molecule has 0 saturated carbocycles. The second-order valence-corrected chi connectivity index (χ2v) is 9.13. The number of nitrogens with one attached hydrogen (secondary N) is 1. The fourth-order valence-electron chi connectivity index (χ4n) is 4.30. The van der Waals surface area contributed by atoms with Gasteiger partial charge in [0.25, 0.3) is 0 Å². The van der Waals surface area contributed by atoms with Crippen LogP contribution in [0, 0.1) is 11.3 Å². The van der Waals surface area contributed by atoms with Crippen molar-refractivity contribution in [2.24, 2.45) is 0 Å². The molecule has 0 spiro atoms. The number of benzene rings is 2. The Morgan fingerprint density at radius 3 is 2.62 bits per heavy atom. The number of methoxy groups -OCH3 is 1. The van der Waals surface area contributed by atoms with Crippen molar-refractivity contribution in [3.8, 4) is 28.7 Å². The van der Waals surface area contributed by atoms with Gasteiger partial charge in [-0.05, 0) is 52.7 Å². The van der Waals surface area contributed by atoms with Gasteiger partial charge in [0.1, 0.15) is 30.0 Å². The molecular weight excluding hydrogens is 498 g/mol. The number of morpholine rings is 1. The zero-order chi connectivity index (χ0) is 27.0. The largest absolute Gasteiger partial charge is 0.495 e. The number of rotatable bonds is 10. The van der Waals surface area contributed by atoms with Crippen LogP contribution in [0.15, 0.2) is 55.1 Å². The maximum atomic E-state index is 9.56. The van der Waals surface area contributed by atoms with Crippen LogP contribution in [-0.2, 0) is 17.8 Å². The summed E-state index contributed by atoms with van der Waals surface area (Å²) in [6, 6.07) is 13.7. The Bertz CT molecular complexity index is 1420. The molecule has 1 atom stereocenters. The molecule has 0 radical (unpaired) electrons. The summed E-state index contributed by atoms with van der Waals surface area (Å²) in [5.41, 5.74) is 4.01. The number of hydrogen-bond donors (Lipinski definition) is 1. The van der Waals surface area contributed by atoms with E-state index in [1.165, 1.54) is 6.33 Å². The Labute approximate surface area is 226 Å². The van der Waals surface area contributed by atoms with Crippen LogP contribution in [0.25, 0.3) is 11.1 Å². The van der Waals surface area contributed by atoms with E-state index in [1.807, 2.05) is 25.1 Å². The molecule has 0 aliphatic carbocycles. The third-order valence-electron chi connectivity index (χ3n) is 6.27. The van der Waals surface area contributed by atoms with E-state index < -0.39 is 0 Å². The summed E-state index contributed by atoms with van der Waals surface area (Å²) >= 11 is 0. The van der Waals surface area contributed by atoms with E-state index in [-0.39, 0.29) is 6.10 Å². The van der Waals surface area contributed by atoms with Crippen molar-refractivity contribution in [1.29, 1.82) is 5.26 Å². The second-order valence-electron chi connectivity index (χ2n) is 9.13. The van der Waals surface area contributed by atoms with Crippen LogP contribution in [-0.4, -0.2) is 74.6 Å². The minimum atomic E-state index is -0.257. The summed E-state index contributed by atoms with van der Waals surface area (Å²) in [4.78, 5) is 11.4. The standard InChI is InChI=1S/C27H29N9O3/c1-19(16-36-18-31-33-34-36)39-26-12-21(4-5-22(26)13-28)23-14-29-27(30-15-23)32-24-11-20(3-6-25(24)37-2)17-35-7-9-38-10-8-35/h3-6,11-12,14-15,18-19H,7-10,16-17H2,1-2H3,(H,29,30,32)/t19-/m0/s1. The number of tetrazole rings is 1. The average Bonchev–Trinajstić information content (AvgIpc) is 3.47. The molecule has 200 valence electrons. The van der Waals surface area contributed by atoms with Gasteiger partial charge in [-0.25, -0.2) is 14.6 Å². The van der Waals surface area contributed by atoms with Crippen molar-refractivity contribution >= 4 is 11.6 Å². The fraction of sp³-hybridized carbons (Fsp3) is 0.333. The summed E-state index contributed by atoms with van der Waals surface area (Å²) in [5.74, 6) is 1.62.